The highest BCUT2D eigenvalue weighted by Crippen LogP contribution is 2.32. The second-order valence-electron chi connectivity index (χ2n) is 3.87. The van der Waals surface area contributed by atoms with E-state index in [1.54, 1.807) is 23.5 Å². The van der Waals surface area contributed by atoms with Crippen LogP contribution in [0.15, 0.2) is 34.8 Å². The molecule has 0 radical (unpaired) electrons. The van der Waals surface area contributed by atoms with Crippen molar-refractivity contribution in [3.63, 3.8) is 0 Å². The molecule has 17 heavy (non-hydrogen) atoms. The fourth-order valence-corrected chi connectivity index (χ4v) is 2.78. The second kappa shape index (κ2) is 5.25. The van der Waals surface area contributed by atoms with Gasteiger partial charge in [0.05, 0.1) is 10.0 Å². The van der Waals surface area contributed by atoms with Crippen molar-refractivity contribution in [3.05, 3.63) is 44.6 Å². The highest BCUT2D eigenvalue weighted by atomic mass is 35.5. The van der Waals surface area contributed by atoms with Crippen LogP contribution in [0.1, 0.15) is 19.9 Å². The summed E-state index contributed by atoms with van der Waals surface area (Å²) in [6.45, 7) is 4.22. The van der Waals surface area contributed by atoms with Gasteiger partial charge in [-0.25, -0.2) is 4.99 Å². The summed E-state index contributed by atoms with van der Waals surface area (Å²) in [5, 5.41) is 3.14. The molecule has 0 N–H and O–H groups in total. The molecule has 0 aliphatic rings. The zero-order valence-corrected chi connectivity index (χ0v) is 11.9. The van der Waals surface area contributed by atoms with Gasteiger partial charge in [-0.2, -0.15) is 0 Å². The van der Waals surface area contributed by atoms with E-state index in [1.165, 1.54) is 0 Å². The van der Waals surface area contributed by atoms with Crippen LogP contribution in [0.4, 0.5) is 5.69 Å². The molecule has 0 bridgehead atoms. The molecular formula is C12H12Cl2N2S. The molecule has 2 nitrogen and oxygen atoms in total. The molecule has 0 fully saturated rings. The average molecular weight is 287 g/mol. The summed E-state index contributed by atoms with van der Waals surface area (Å²) in [6, 6.07) is 5.76. The minimum atomic E-state index is 0.362. The Hall–Kier alpha value is -0.770. The Balaban J connectivity index is 2.59. The minimum absolute atomic E-state index is 0.362. The highest BCUT2D eigenvalue weighted by molar-refractivity contribution is 7.07. The lowest BCUT2D eigenvalue weighted by Crippen LogP contribution is -2.15. The molecule has 0 spiro atoms. The summed E-state index contributed by atoms with van der Waals surface area (Å²) < 4.78 is 2.09. The third-order valence-corrected chi connectivity index (χ3v) is 3.70. The Labute approximate surface area is 114 Å². The summed E-state index contributed by atoms with van der Waals surface area (Å²) in [4.78, 5) is 5.44. The topological polar surface area (TPSA) is 17.3 Å². The lowest BCUT2D eigenvalue weighted by molar-refractivity contribution is 0.585. The number of hydrogen-bond donors (Lipinski definition) is 0. The zero-order chi connectivity index (χ0) is 12.4. The Bertz CT molecular complexity index is 564. The third kappa shape index (κ3) is 2.73. The number of aromatic nitrogens is 1. The molecule has 1 heterocycles. The lowest BCUT2D eigenvalue weighted by atomic mass is 10.3. The van der Waals surface area contributed by atoms with Crippen LogP contribution in [0.3, 0.4) is 0 Å². The first kappa shape index (κ1) is 12.7. The van der Waals surface area contributed by atoms with Crippen LogP contribution in [-0.4, -0.2) is 4.57 Å². The van der Waals surface area contributed by atoms with Crippen LogP contribution in [0.2, 0.25) is 10.0 Å². The Kier molecular flexibility index (Phi) is 3.92. The van der Waals surface area contributed by atoms with Crippen molar-refractivity contribution >= 4 is 40.2 Å². The van der Waals surface area contributed by atoms with Gasteiger partial charge in [0, 0.05) is 17.6 Å². The smallest absolute Gasteiger partial charge is 0.190 e. The van der Waals surface area contributed by atoms with E-state index in [4.69, 9.17) is 23.2 Å². The molecule has 1 aromatic heterocycles. The van der Waals surface area contributed by atoms with Crippen LogP contribution >= 0.6 is 34.5 Å². The standard InChI is InChI=1S/C12H12Cl2N2S/c1-8(2)16-6-7-17-12(16)15-11-9(13)4-3-5-10(11)14/h3-8H,1-2H3. The molecule has 0 aliphatic carbocycles. The largest absolute Gasteiger partial charge is 0.321 e. The Morgan fingerprint density at radius 2 is 1.88 bits per heavy atom. The lowest BCUT2D eigenvalue weighted by Gasteiger charge is -2.06. The molecule has 0 atom stereocenters. The number of rotatable bonds is 2. The van der Waals surface area contributed by atoms with Crippen molar-refractivity contribution in [2.45, 2.75) is 19.9 Å². The quantitative estimate of drug-likeness (QED) is 0.763. The van der Waals surface area contributed by atoms with Crippen LogP contribution in [0.5, 0.6) is 0 Å². The van der Waals surface area contributed by atoms with E-state index in [-0.39, 0.29) is 0 Å². The minimum Gasteiger partial charge on any atom is -0.321 e. The fraction of sp³-hybridized carbons (Fsp3) is 0.250. The van der Waals surface area contributed by atoms with Gasteiger partial charge in [-0.15, -0.1) is 11.3 Å². The van der Waals surface area contributed by atoms with E-state index in [2.05, 4.69) is 23.4 Å². The molecule has 0 unspecified atom stereocenters. The predicted octanol–water partition coefficient (Wildman–Crippen LogP) is 4.67. The van der Waals surface area contributed by atoms with E-state index >= 15 is 0 Å². The number of nitrogens with zero attached hydrogens (tertiary/aromatic N) is 2. The van der Waals surface area contributed by atoms with Gasteiger partial charge in [0.15, 0.2) is 4.80 Å². The van der Waals surface area contributed by atoms with Crippen molar-refractivity contribution in [1.82, 2.24) is 4.57 Å². The molecule has 0 amide bonds. The Morgan fingerprint density at radius 3 is 2.47 bits per heavy atom. The number of thiazole rings is 1. The van der Waals surface area contributed by atoms with Crippen molar-refractivity contribution in [1.29, 1.82) is 0 Å². The molecule has 0 saturated heterocycles. The second-order valence-corrected chi connectivity index (χ2v) is 5.56. The van der Waals surface area contributed by atoms with Crippen molar-refractivity contribution in [2.24, 2.45) is 4.99 Å². The molecule has 0 saturated carbocycles. The SMILES string of the molecule is CC(C)n1ccsc1=Nc1c(Cl)cccc1Cl. The van der Waals surface area contributed by atoms with Crippen molar-refractivity contribution in [2.75, 3.05) is 0 Å². The van der Waals surface area contributed by atoms with E-state index in [9.17, 15) is 0 Å². The summed E-state index contributed by atoms with van der Waals surface area (Å²) in [7, 11) is 0. The van der Waals surface area contributed by atoms with Crippen LogP contribution in [0, 0.1) is 0 Å². The monoisotopic (exact) mass is 286 g/mol. The summed E-state index contributed by atoms with van der Waals surface area (Å²) in [6.07, 6.45) is 2.01. The van der Waals surface area contributed by atoms with Gasteiger partial charge in [0.1, 0.15) is 5.69 Å². The predicted molar refractivity (Wildman–Crippen MR) is 74.4 cm³/mol. The van der Waals surface area contributed by atoms with Gasteiger partial charge in [0.2, 0.25) is 0 Å². The van der Waals surface area contributed by atoms with E-state index in [1.807, 2.05) is 17.6 Å². The van der Waals surface area contributed by atoms with Gasteiger partial charge < -0.3 is 4.57 Å². The molecule has 0 aliphatic heterocycles. The fourth-order valence-electron chi connectivity index (χ4n) is 1.45. The maximum atomic E-state index is 6.10. The summed E-state index contributed by atoms with van der Waals surface area (Å²) in [5.41, 5.74) is 0.632. The van der Waals surface area contributed by atoms with E-state index in [0.29, 0.717) is 21.8 Å². The molecule has 2 aromatic rings. The van der Waals surface area contributed by atoms with E-state index < -0.39 is 0 Å². The van der Waals surface area contributed by atoms with Gasteiger partial charge in [0.25, 0.3) is 0 Å². The maximum Gasteiger partial charge on any atom is 0.190 e. The van der Waals surface area contributed by atoms with Gasteiger partial charge in [-0.3, -0.25) is 0 Å². The summed E-state index contributed by atoms with van der Waals surface area (Å²) >= 11 is 13.8. The molecule has 5 heteroatoms. The van der Waals surface area contributed by atoms with Crippen LogP contribution < -0.4 is 4.80 Å². The van der Waals surface area contributed by atoms with Gasteiger partial charge in [-0.1, -0.05) is 29.3 Å². The van der Waals surface area contributed by atoms with Crippen LogP contribution in [0.25, 0.3) is 0 Å². The first-order valence-electron chi connectivity index (χ1n) is 5.24. The van der Waals surface area contributed by atoms with Crippen LogP contribution in [-0.2, 0) is 0 Å². The number of halogens is 2. The van der Waals surface area contributed by atoms with Crippen molar-refractivity contribution in [3.8, 4) is 0 Å². The van der Waals surface area contributed by atoms with Gasteiger partial charge in [-0.05, 0) is 26.0 Å². The zero-order valence-electron chi connectivity index (χ0n) is 9.52. The number of hydrogen-bond acceptors (Lipinski definition) is 2. The maximum absolute atomic E-state index is 6.10. The molecule has 90 valence electrons. The summed E-state index contributed by atoms with van der Waals surface area (Å²) in [5.74, 6) is 0. The number of benzene rings is 1. The van der Waals surface area contributed by atoms with Crippen molar-refractivity contribution < 1.29 is 0 Å². The molecular weight excluding hydrogens is 275 g/mol. The first-order valence-corrected chi connectivity index (χ1v) is 6.87. The highest BCUT2D eigenvalue weighted by Gasteiger charge is 2.05. The first-order chi connectivity index (χ1) is 8.09. The number of para-hydroxylation sites is 1. The normalized spacial score (nSPS) is 12.4. The molecule has 2 rings (SSSR count). The third-order valence-electron chi connectivity index (χ3n) is 2.32. The van der Waals surface area contributed by atoms with E-state index in [0.717, 1.165) is 4.80 Å². The van der Waals surface area contributed by atoms with Gasteiger partial charge >= 0.3 is 0 Å². The average Bonchev–Trinajstić information content (AvgIpc) is 2.72. The Morgan fingerprint density at radius 1 is 1.24 bits per heavy atom. The molecule has 1 aromatic carbocycles.